The van der Waals surface area contributed by atoms with Crippen molar-refractivity contribution in [3.8, 4) is 0 Å². The third kappa shape index (κ3) is 4.58. The van der Waals surface area contributed by atoms with Crippen LogP contribution in [0.15, 0.2) is 30.3 Å². The average molecular weight is 326 g/mol. The van der Waals surface area contributed by atoms with Crippen LogP contribution in [-0.2, 0) is 15.8 Å². The molecule has 1 aromatic carbocycles. The third-order valence-electron chi connectivity index (χ3n) is 3.67. The van der Waals surface area contributed by atoms with E-state index in [-0.39, 0.29) is 11.8 Å². The fourth-order valence-corrected chi connectivity index (χ4v) is 2.33. The Morgan fingerprint density at radius 3 is 2.26 bits per heavy atom. The quantitative estimate of drug-likeness (QED) is 0.783. The molecule has 124 valence electrons. The SMILES string of the molecule is CC(=O)N1CCN(C(=O)/C=C/c2cccc(C(F)(F)F)c2)CC1. The summed E-state index contributed by atoms with van der Waals surface area (Å²) in [4.78, 5) is 26.5. The van der Waals surface area contributed by atoms with Gasteiger partial charge in [-0.15, -0.1) is 0 Å². The van der Waals surface area contributed by atoms with Gasteiger partial charge in [-0.25, -0.2) is 0 Å². The molecule has 1 saturated heterocycles. The maximum absolute atomic E-state index is 12.6. The Hall–Kier alpha value is -2.31. The second kappa shape index (κ2) is 6.85. The molecule has 0 N–H and O–H groups in total. The summed E-state index contributed by atoms with van der Waals surface area (Å²) in [5.41, 5.74) is -0.433. The largest absolute Gasteiger partial charge is 0.416 e. The highest BCUT2D eigenvalue weighted by Crippen LogP contribution is 2.29. The molecule has 0 spiro atoms. The first-order valence-electron chi connectivity index (χ1n) is 7.17. The number of carbonyl (C=O) groups excluding carboxylic acids is 2. The fraction of sp³-hybridized carbons (Fsp3) is 0.375. The molecule has 0 saturated carbocycles. The van der Waals surface area contributed by atoms with Crippen molar-refractivity contribution in [2.45, 2.75) is 13.1 Å². The van der Waals surface area contributed by atoms with Crippen LogP contribution in [0.25, 0.3) is 6.08 Å². The summed E-state index contributed by atoms with van der Waals surface area (Å²) < 4.78 is 37.9. The van der Waals surface area contributed by atoms with Crippen LogP contribution in [0.3, 0.4) is 0 Å². The van der Waals surface area contributed by atoms with E-state index in [1.807, 2.05) is 0 Å². The van der Waals surface area contributed by atoms with Crippen LogP contribution in [0.5, 0.6) is 0 Å². The predicted octanol–water partition coefficient (Wildman–Crippen LogP) is 2.41. The number of piperazine rings is 1. The summed E-state index contributed by atoms with van der Waals surface area (Å²) >= 11 is 0. The Morgan fingerprint density at radius 2 is 1.70 bits per heavy atom. The van der Waals surface area contributed by atoms with E-state index >= 15 is 0 Å². The van der Waals surface area contributed by atoms with E-state index in [1.165, 1.54) is 31.2 Å². The molecular formula is C16H17F3N2O2. The molecule has 7 heteroatoms. The highest BCUT2D eigenvalue weighted by atomic mass is 19.4. The normalized spacial score (nSPS) is 16.0. The molecule has 1 aliphatic heterocycles. The zero-order valence-corrected chi connectivity index (χ0v) is 12.6. The lowest BCUT2D eigenvalue weighted by atomic mass is 10.1. The van der Waals surface area contributed by atoms with E-state index in [0.717, 1.165) is 12.1 Å². The lowest BCUT2D eigenvalue weighted by Gasteiger charge is -2.33. The van der Waals surface area contributed by atoms with Gasteiger partial charge in [0, 0.05) is 39.2 Å². The topological polar surface area (TPSA) is 40.6 Å². The molecule has 4 nitrogen and oxygen atoms in total. The highest BCUT2D eigenvalue weighted by Gasteiger charge is 2.30. The van der Waals surface area contributed by atoms with E-state index < -0.39 is 11.7 Å². The maximum Gasteiger partial charge on any atom is 0.416 e. The van der Waals surface area contributed by atoms with E-state index in [9.17, 15) is 22.8 Å². The van der Waals surface area contributed by atoms with Crippen molar-refractivity contribution in [1.29, 1.82) is 0 Å². The van der Waals surface area contributed by atoms with Gasteiger partial charge < -0.3 is 9.80 Å². The molecule has 1 heterocycles. The zero-order chi connectivity index (χ0) is 17.0. The van der Waals surface area contributed by atoms with Crippen molar-refractivity contribution in [3.05, 3.63) is 41.5 Å². The second-order valence-corrected chi connectivity index (χ2v) is 5.29. The van der Waals surface area contributed by atoms with Crippen LogP contribution in [0, 0.1) is 0 Å². The van der Waals surface area contributed by atoms with Gasteiger partial charge in [0.25, 0.3) is 0 Å². The average Bonchev–Trinajstić information content (AvgIpc) is 2.52. The van der Waals surface area contributed by atoms with Crippen LogP contribution < -0.4 is 0 Å². The summed E-state index contributed by atoms with van der Waals surface area (Å²) in [6.07, 6.45) is -1.77. The van der Waals surface area contributed by atoms with Crippen molar-refractivity contribution in [1.82, 2.24) is 9.80 Å². The first-order valence-corrected chi connectivity index (χ1v) is 7.17. The second-order valence-electron chi connectivity index (χ2n) is 5.29. The number of nitrogens with zero attached hydrogens (tertiary/aromatic N) is 2. The monoisotopic (exact) mass is 326 g/mol. The van der Waals surface area contributed by atoms with Crippen LogP contribution in [0.2, 0.25) is 0 Å². The molecule has 1 fully saturated rings. The summed E-state index contributed by atoms with van der Waals surface area (Å²) in [6, 6.07) is 4.79. The Balaban J connectivity index is 1.98. The van der Waals surface area contributed by atoms with Gasteiger partial charge in [-0.05, 0) is 23.8 Å². The molecule has 2 amide bonds. The summed E-state index contributed by atoms with van der Waals surface area (Å²) in [5.74, 6) is -0.303. The van der Waals surface area contributed by atoms with Gasteiger partial charge in [-0.2, -0.15) is 13.2 Å². The molecule has 0 bridgehead atoms. The van der Waals surface area contributed by atoms with Crippen LogP contribution in [-0.4, -0.2) is 47.8 Å². The van der Waals surface area contributed by atoms with Gasteiger partial charge in [0.15, 0.2) is 0 Å². The first-order chi connectivity index (χ1) is 10.8. The molecular weight excluding hydrogens is 309 g/mol. The van der Waals surface area contributed by atoms with Gasteiger partial charge in [0.1, 0.15) is 0 Å². The number of amides is 2. The van der Waals surface area contributed by atoms with Crippen molar-refractivity contribution in [3.63, 3.8) is 0 Å². The Bertz CT molecular complexity index is 618. The molecule has 0 aliphatic carbocycles. The van der Waals surface area contributed by atoms with E-state index in [2.05, 4.69) is 0 Å². The standard InChI is InChI=1S/C16H17F3N2O2/c1-12(22)20-7-9-21(10-8-20)15(23)6-5-13-3-2-4-14(11-13)16(17,18)19/h2-6,11H,7-10H2,1H3/b6-5+. The number of rotatable bonds is 2. The third-order valence-corrected chi connectivity index (χ3v) is 3.67. The van der Waals surface area contributed by atoms with Crippen molar-refractivity contribution in [2.24, 2.45) is 0 Å². The smallest absolute Gasteiger partial charge is 0.339 e. The van der Waals surface area contributed by atoms with Crippen molar-refractivity contribution >= 4 is 17.9 Å². The lowest BCUT2D eigenvalue weighted by molar-refractivity contribution is -0.137. The number of hydrogen-bond donors (Lipinski definition) is 0. The van der Waals surface area contributed by atoms with Gasteiger partial charge in [0.2, 0.25) is 11.8 Å². The molecule has 0 unspecified atom stereocenters. The number of hydrogen-bond acceptors (Lipinski definition) is 2. The first kappa shape index (κ1) is 17.1. The van der Waals surface area contributed by atoms with E-state index in [4.69, 9.17) is 0 Å². The van der Waals surface area contributed by atoms with Crippen molar-refractivity contribution < 1.29 is 22.8 Å². The summed E-state index contributed by atoms with van der Waals surface area (Å²) in [5, 5.41) is 0. The molecule has 0 atom stereocenters. The Kier molecular flexibility index (Phi) is 5.08. The van der Waals surface area contributed by atoms with Crippen LogP contribution >= 0.6 is 0 Å². The maximum atomic E-state index is 12.6. The minimum absolute atomic E-state index is 0.0309. The number of alkyl halides is 3. The zero-order valence-electron chi connectivity index (χ0n) is 12.6. The molecule has 0 radical (unpaired) electrons. The Labute approximate surface area is 132 Å². The predicted molar refractivity (Wildman–Crippen MR) is 79.3 cm³/mol. The highest BCUT2D eigenvalue weighted by molar-refractivity contribution is 5.92. The van der Waals surface area contributed by atoms with E-state index in [0.29, 0.717) is 31.7 Å². The molecule has 1 aromatic rings. The van der Waals surface area contributed by atoms with E-state index in [1.54, 1.807) is 9.80 Å². The van der Waals surface area contributed by atoms with Gasteiger partial charge in [-0.1, -0.05) is 12.1 Å². The van der Waals surface area contributed by atoms with Crippen LogP contribution in [0.4, 0.5) is 13.2 Å². The Morgan fingerprint density at radius 1 is 1.09 bits per heavy atom. The van der Waals surface area contributed by atoms with Gasteiger partial charge >= 0.3 is 6.18 Å². The summed E-state index contributed by atoms with van der Waals surface area (Å²) in [7, 11) is 0. The number of benzene rings is 1. The number of carbonyl (C=O) groups is 2. The van der Waals surface area contributed by atoms with Crippen LogP contribution in [0.1, 0.15) is 18.1 Å². The minimum atomic E-state index is -4.41. The molecule has 1 aliphatic rings. The molecule has 2 rings (SSSR count). The summed E-state index contributed by atoms with van der Waals surface area (Å²) in [6.45, 7) is 3.26. The van der Waals surface area contributed by atoms with Crippen molar-refractivity contribution in [2.75, 3.05) is 26.2 Å². The van der Waals surface area contributed by atoms with Gasteiger partial charge in [0.05, 0.1) is 5.56 Å². The lowest BCUT2D eigenvalue weighted by Crippen LogP contribution is -2.49. The van der Waals surface area contributed by atoms with Gasteiger partial charge in [-0.3, -0.25) is 9.59 Å². The fourth-order valence-electron chi connectivity index (χ4n) is 2.33. The molecule has 23 heavy (non-hydrogen) atoms. The minimum Gasteiger partial charge on any atom is -0.339 e. The number of halogens is 3. The molecule has 0 aromatic heterocycles.